The lowest BCUT2D eigenvalue weighted by Gasteiger charge is -2.10. The Morgan fingerprint density at radius 3 is 2.65 bits per heavy atom. The minimum absolute atomic E-state index is 0.119. The molecule has 0 saturated carbocycles. The van der Waals surface area contributed by atoms with Crippen molar-refractivity contribution in [3.8, 4) is 34.0 Å². The van der Waals surface area contributed by atoms with Crippen LogP contribution in [-0.4, -0.2) is 48.6 Å². The summed E-state index contributed by atoms with van der Waals surface area (Å²) in [6.07, 6.45) is 1.98. The van der Waals surface area contributed by atoms with E-state index in [1.54, 1.807) is 36.4 Å². The van der Waals surface area contributed by atoms with E-state index in [-0.39, 0.29) is 28.8 Å². The second-order valence-electron chi connectivity index (χ2n) is 8.72. The summed E-state index contributed by atoms with van der Waals surface area (Å²) in [6, 6.07) is 12.9. The predicted octanol–water partition coefficient (Wildman–Crippen LogP) is 3.86. The first-order chi connectivity index (χ1) is 17.9. The van der Waals surface area contributed by atoms with E-state index in [9.17, 15) is 12.8 Å². The van der Waals surface area contributed by atoms with Crippen molar-refractivity contribution < 1.29 is 22.1 Å². The quantitative estimate of drug-likeness (QED) is 0.353. The molecule has 3 heterocycles. The third-order valence-electron chi connectivity index (χ3n) is 6.24. The summed E-state index contributed by atoms with van der Waals surface area (Å²) in [5.74, 6) is -0.0611. The van der Waals surface area contributed by atoms with Crippen molar-refractivity contribution in [1.29, 1.82) is 0 Å². The molecule has 3 N–H and O–H groups in total. The smallest absolute Gasteiger partial charge is 0.189 e. The van der Waals surface area contributed by atoms with Crippen LogP contribution in [0.5, 0.6) is 0 Å². The van der Waals surface area contributed by atoms with Crippen LogP contribution >= 0.6 is 0 Å². The monoisotopic (exact) mass is 523 g/mol. The van der Waals surface area contributed by atoms with Crippen molar-refractivity contribution in [2.24, 2.45) is 0 Å². The molecule has 1 aliphatic rings. The number of hydrogen-bond donors (Lipinski definition) is 2. The highest BCUT2D eigenvalue weighted by molar-refractivity contribution is 7.92. The molecule has 1 atom stereocenters. The molecule has 1 fully saturated rings. The van der Waals surface area contributed by atoms with Crippen LogP contribution in [-0.2, 0) is 21.1 Å². The van der Waals surface area contributed by atoms with E-state index in [1.165, 1.54) is 12.3 Å². The summed E-state index contributed by atoms with van der Waals surface area (Å²) in [6.45, 7) is 4.00. The molecule has 5 rings (SSSR count). The van der Waals surface area contributed by atoms with Crippen LogP contribution in [0.15, 0.2) is 64.1 Å². The number of nitrogens with two attached hydrogens (primary N) is 1. The highest BCUT2D eigenvalue weighted by atomic mass is 32.2. The molecule has 0 bridgehead atoms. The molecular weight excluding hydrogens is 497 g/mol. The van der Waals surface area contributed by atoms with E-state index in [2.05, 4.69) is 20.4 Å². The van der Waals surface area contributed by atoms with E-state index in [4.69, 9.17) is 15.0 Å². The average Bonchev–Trinajstić information content (AvgIpc) is 3.61. The van der Waals surface area contributed by atoms with Gasteiger partial charge < -0.3 is 20.3 Å². The number of halogens is 1. The summed E-state index contributed by atoms with van der Waals surface area (Å²) in [5, 5.41) is 6.63. The van der Waals surface area contributed by atoms with E-state index >= 15 is 0 Å². The van der Waals surface area contributed by atoms with Gasteiger partial charge in [-0.1, -0.05) is 30.3 Å². The largest absolute Gasteiger partial charge is 0.382 e. The van der Waals surface area contributed by atoms with Gasteiger partial charge in [-0.15, -0.1) is 0 Å². The van der Waals surface area contributed by atoms with Crippen LogP contribution < -0.4 is 11.1 Å². The van der Waals surface area contributed by atoms with Gasteiger partial charge in [0.05, 0.1) is 28.6 Å². The van der Waals surface area contributed by atoms with Crippen molar-refractivity contribution >= 4 is 15.7 Å². The molecule has 11 heteroatoms. The van der Waals surface area contributed by atoms with Crippen LogP contribution in [0, 0.1) is 5.82 Å². The molecule has 1 aliphatic heterocycles. The normalized spacial score (nSPS) is 15.8. The van der Waals surface area contributed by atoms with Crippen LogP contribution in [0.4, 0.5) is 10.2 Å². The van der Waals surface area contributed by atoms with Gasteiger partial charge in [0, 0.05) is 30.3 Å². The molecule has 0 aliphatic carbocycles. The fraction of sp³-hybridized carbons (Fsp3) is 0.269. The Morgan fingerprint density at radius 2 is 1.95 bits per heavy atom. The van der Waals surface area contributed by atoms with Gasteiger partial charge in [-0.3, -0.25) is 0 Å². The highest BCUT2D eigenvalue weighted by Gasteiger charge is 2.31. The summed E-state index contributed by atoms with van der Waals surface area (Å²) in [4.78, 5) is 9.01. The zero-order valence-corrected chi connectivity index (χ0v) is 21.0. The number of benzene rings is 2. The molecule has 0 spiro atoms. The van der Waals surface area contributed by atoms with Gasteiger partial charge in [0.15, 0.2) is 27.1 Å². The predicted molar refractivity (Wildman–Crippen MR) is 137 cm³/mol. The zero-order valence-electron chi connectivity index (χ0n) is 20.1. The molecule has 4 aromatic rings. The summed E-state index contributed by atoms with van der Waals surface area (Å²) < 4.78 is 51.0. The maximum Gasteiger partial charge on any atom is 0.189 e. The molecule has 1 saturated heterocycles. The van der Waals surface area contributed by atoms with Crippen LogP contribution in [0.25, 0.3) is 34.0 Å². The minimum Gasteiger partial charge on any atom is -0.382 e. The molecule has 2 aromatic carbocycles. The lowest BCUT2D eigenvalue weighted by atomic mass is 10.1. The van der Waals surface area contributed by atoms with Crippen LogP contribution in [0.3, 0.4) is 0 Å². The lowest BCUT2D eigenvalue weighted by Crippen LogP contribution is -2.21. The van der Waals surface area contributed by atoms with Crippen LogP contribution in [0.2, 0.25) is 0 Å². The standard InChI is InChI=1S/C26H26FN5O4S/c1-2-29-13-16-3-8-20(21(27)11-16)22-12-24(36-32-22)25-26(28)30-14-23(31-25)17-4-6-18(7-5-17)37(33,34)19-9-10-35-15-19/h3-8,11-12,14,19,29H,2,9-10,13,15H2,1H3,(H2,28,30)/t19-/m1/s1. The first-order valence-corrected chi connectivity index (χ1v) is 13.4. The number of nitrogens with one attached hydrogen (secondary N) is 1. The highest BCUT2D eigenvalue weighted by Crippen LogP contribution is 2.31. The van der Waals surface area contributed by atoms with Crippen molar-refractivity contribution in [2.45, 2.75) is 30.0 Å². The summed E-state index contributed by atoms with van der Waals surface area (Å²) in [7, 11) is -3.47. The first kappa shape index (κ1) is 25.0. The van der Waals surface area contributed by atoms with Gasteiger partial charge in [0.2, 0.25) is 0 Å². The fourth-order valence-corrected chi connectivity index (χ4v) is 5.73. The van der Waals surface area contributed by atoms with Gasteiger partial charge in [-0.05, 0) is 42.8 Å². The molecule has 192 valence electrons. The second kappa shape index (κ2) is 10.4. The number of rotatable bonds is 8. The number of ether oxygens (including phenoxy) is 1. The Kier molecular flexibility index (Phi) is 7.00. The van der Waals surface area contributed by atoms with Gasteiger partial charge in [-0.25, -0.2) is 22.8 Å². The van der Waals surface area contributed by atoms with E-state index in [0.29, 0.717) is 42.1 Å². The molecule has 0 unspecified atom stereocenters. The molecule has 37 heavy (non-hydrogen) atoms. The topological polar surface area (TPSA) is 133 Å². The van der Waals surface area contributed by atoms with Crippen molar-refractivity contribution in [1.82, 2.24) is 20.4 Å². The Balaban J connectivity index is 1.40. The number of nitrogen functional groups attached to an aromatic ring is 1. The number of anilines is 1. The Labute approximate surface area is 213 Å². The van der Waals surface area contributed by atoms with Gasteiger partial charge >= 0.3 is 0 Å². The van der Waals surface area contributed by atoms with E-state index < -0.39 is 20.9 Å². The van der Waals surface area contributed by atoms with Crippen molar-refractivity contribution in [3.63, 3.8) is 0 Å². The lowest BCUT2D eigenvalue weighted by molar-refractivity contribution is 0.198. The number of nitrogens with zero attached hydrogens (tertiary/aromatic N) is 3. The summed E-state index contributed by atoms with van der Waals surface area (Å²) in [5.41, 5.74) is 8.85. The minimum atomic E-state index is -3.47. The second-order valence-corrected chi connectivity index (χ2v) is 10.9. The number of hydrogen-bond acceptors (Lipinski definition) is 9. The maximum absolute atomic E-state index is 14.7. The molecule has 9 nitrogen and oxygen atoms in total. The Bertz CT molecular complexity index is 1520. The van der Waals surface area contributed by atoms with Crippen LogP contribution in [0.1, 0.15) is 18.9 Å². The third kappa shape index (κ3) is 5.10. The average molecular weight is 524 g/mol. The maximum atomic E-state index is 14.7. The van der Waals surface area contributed by atoms with Gasteiger partial charge in [-0.2, -0.15) is 0 Å². The molecule has 0 radical (unpaired) electrons. The van der Waals surface area contributed by atoms with E-state index in [0.717, 1.165) is 12.1 Å². The Hall–Kier alpha value is -3.67. The van der Waals surface area contributed by atoms with E-state index in [1.807, 2.05) is 13.0 Å². The SMILES string of the molecule is CCNCc1ccc(-c2cc(-c3nc(-c4ccc(S(=O)(=O)[C@@H]5CCOC5)cc4)cnc3N)on2)c(F)c1. The summed E-state index contributed by atoms with van der Waals surface area (Å²) >= 11 is 0. The van der Waals surface area contributed by atoms with Crippen molar-refractivity contribution in [2.75, 3.05) is 25.5 Å². The van der Waals surface area contributed by atoms with Gasteiger partial charge in [0.25, 0.3) is 0 Å². The molecular formula is C26H26FN5O4S. The molecule has 0 amide bonds. The molecule has 2 aromatic heterocycles. The fourth-order valence-electron chi connectivity index (χ4n) is 4.14. The third-order valence-corrected chi connectivity index (χ3v) is 8.42. The zero-order chi connectivity index (χ0) is 26.0. The van der Waals surface area contributed by atoms with Gasteiger partial charge in [0.1, 0.15) is 11.5 Å². The first-order valence-electron chi connectivity index (χ1n) is 11.9. The Morgan fingerprint density at radius 1 is 1.14 bits per heavy atom. The van der Waals surface area contributed by atoms with Crippen molar-refractivity contribution in [3.05, 3.63) is 66.1 Å². The number of sulfone groups is 1. The number of aromatic nitrogens is 3.